The first kappa shape index (κ1) is 15.6. The highest BCUT2D eigenvalue weighted by Crippen LogP contribution is 2.44. The SMILES string of the molecule is CCC1(CNC(=O)C2(C(F)(F)F)CCNC2)CCCC1. The highest BCUT2D eigenvalue weighted by Gasteiger charge is 2.61. The molecule has 1 aliphatic carbocycles. The monoisotopic (exact) mass is 292 g/mol. The normalized spacial score (nSPS) is 29.6. The van der Waals surface area contributed by atoms with Crippen molar-refractivity contribution < 1.29 is 18.0 Å². The Balaban J connectivity index is 2.03. The molecule has 1 saturated heterocycles. The van der Waals surface area contributed by atoms with Gasteiger partial charge in [0.05, 0.1) is 0 Å². The predicted octanol–water partition coefficient (Wildman–Crippen LogP) is 2.62. The molecule has 2 rings (SSSR count). The Kier molecular flexibility index (Phi) is 4.33. The summed E-state index contributed by atoms with van der Waals surface area (Å²) in [4.78, 5) is 12.2. The summed E-state index contributed by atoms with van der Waals surface area (Å²) in [6, 6.07) is 0. The lowest BCUT2D eigenvalue weighted by Gasteiger charge is -2.33. The molecule has 6 heteroatoms. The van der Waals surface area contributed by atoms with Gasteiger partial charge in [-0.2, -0.15) is 13.2 Å². The predicted molar refractivity (Wildman–Crippen MR) is 70.2 cm³/mol. The molecule has 1 amide bonds. The molecular weight excluding hydrogens is 269 g/mol. The molecule has 2 aliphatic rings. The van der Waals surface area contributed by atoms with Gasteiger partial charge in [0.2, 0.25) is 5.91 Å². The number of halogens is 3. The van der Waals surface area contributed by atoms with Crippen molar-refractivity contribution in [3.8, 4) is 0 Å². The van der Waals surface area contributed by atoms with Gasteiger partial charge in [-0.1, -0.05) is 19.8 Å². The van der Waals surface area contributed by atoms with E-state index in [2.05, 4.69) is 10.6 Å². The largest absolute Gasteiger partial charge is 0.404 e. The van der Waals surface area contributed by atoms with Crippen LogP contribution in [0.1, 0.15) is 45.4 Å². The lowest BCUT2D eigenvalue weighted by atomic mass is 9.81. The van der Waals surface area contributed by atoms with Gasteiger partial charge in [-0.15, -0.1) is 0 Å². The van der Waals surface area contributed by atoms with Crippen molar-refractivity contribution >= 4 is 5.91 Å². The first-order valence-electron chi connectivity index (χ1n) is 7.41. The third kappa shape index (κ3) is 2.67. The summed E-state index contributed by atoms with van der Waals surface area (Å²) in [6.45, 7) is 2.36. The quantitative estimate of drug-likeness (QED) is 0.836. The first-order chi connectivity index (χ1) is 9.35. The van der Waals surface area contributed by atoms with Crippen molar-refractivity contribution in [3.63, 3.8) is 0 Å². The van der Waals surface area contributed by atoms with Gasteiger partial charge < -0.3 is 10.6 Å². The minimum Gasteiger partial charge on any atom is -0.355 e. The number of hydrogen-bond donors (Lipinski definition) is 2. The molecule has 0 aromatic heterocycles. The van der Waals surface area contributed by atoms with Gasteiger partial charge >= 0.3 is 6.18 Å². The third-order valence-electron chi connectivity index (χ3n) is 5.17. The Morgan fingerprint density at radius 1 is 1.25 bits per heavy atom. The van der Waals surface area contributed by atoms with Crippen molar-refractivity contribution in [3.05, 3.63) is 0 Å². The molecule has 0 bridgehead atoms. The van der Waals surface area contributed by atoms with Crippen LogP contribution in [0, 0.1) is 10.8 Å². The number of rotatable bonds is 4. The van der Waals surface area contributed by atoms with Crippen LogP contribution in [0.5, 0.6) is 0 Å². The smallest absolute Gasteiger partial charge is 0.355 e. The standard InChI is InChI=1S/C14H23F3N2O/c1-2-12(5-3-4-6-12)9-19-11(20)13(14(15,16)17)7-8-18-10-13/h18H,2-10H2,1H3,(H,19,20). The van der Waals surface area contributed by atoms with Crippen molar-refractivity contribution in [2.75, 3.05) is 19.6 Å². The summed E-state index contributed by atoms with van der Waals surface area (Å²) in [5.74, 6) is -0.852. The zero-order valence-electron chi connectivity index (χ0n) is 11.9. The number of carbonyl (C=O) groups is 1. The maximum Gasteiger partial charge on any atom is 0.404 e. The summed E-state index contributed by atoms with van der Waals surface area (Å²) in [6.07, 6.45) is 0.467. The summed E-state index contributed by atoms with van der Waals surface area (Å²) < 4.78 is 39.7. The Bertz CT molecular complexity index is 356. The molecule has 0 spiro atoms. The zero-order valence-corrected chi connectivity index (χ0v) is 11.9. The molecule has 20 heavy (non-hydrogen) atoms. The van der Waals surface area contributed by atoms with Gasteiger partial charge in [-0.25, -0.2) is 0 Å². The fourth-order valence-electron chi connectivity index (χ4n) is 3.47. The van der Waals surface area contributed by atoms with Crippen LogP contribution in [-0.2, 0) is 4.79 Å². The van der Waals surface area contributed by atoms with Gasteiger partial charge in [-0.05, 0) is 37.6 Å². The summed E-state index contributed by atoms with van der Waals surface area (Å²) >= 11 is 0. The lowest BCUT2D eigenvalue weighted by molar-refractivity contribution is -0.216. The summed E-state index contributed by atoms with van der Waals surface area (Å²) in [5, 5.41) is 5.28. The molecule has 1 saturated carbocycles. The van der Waals surface area contributed by atoms with Gasteiger partial charge in [0.1, 0.15) is 0 Å². The Morgan fingerprint density at radius 3 is 2.35 bits per heavy atom. The molecule has 1 atom stereocenters. The number of nitrogens with one attached hydrogen (secondary N) is 2. The van der Waals surface area contributed by atoms with Crippen LogP contribution in [0.4, 0.5) is 13.2 Å². The van der Waals surface area contributed by atoms with Gasteiger partial charge in [-0.3, -0.25) is 4.79 Å². The van der Waals surface area contributed by atoms with Crippen LogP contribution in [0.3, 0.4) is 0 Å². The van der Waals surface area contributed by atoms with Crippen molar-refractivity contribution in [1.29, 1.82) is 0 Å². The number of carbonyl (C=O) groups excluding carboxylic acids is 1. The Hall–Kier alpha value is -0.780. The molecule has 2 fully saturated rings. The average molecular weight is 292 g/mol. The van der Waals surface area contributed by atoms with Gasteiger partial charge in [0, 0.05) is 13.1 Å². The molecule has 0 radical (unpaired) electrons. The Labute approximate surface area is 117 Å². The van der Waals surface area contributed by atoms with Crippen LogP contribution in [-0.4, -0.2) is 31.7 Å². The summed E-state index contributed by atoms with van der Waals surface area (Å²) in [7, 11) is 0. The maximum atomic E-state index is 13.2. The minimum absolute atomic E-state index is 0.00841. The van der Waals surface area contributed by atoms with E-state index in [-0.39, 0.29) is 24.9 Å². The van der Waals surface area contributed by atoms with E-state index >= 15 is 0 Å². The first-order valence-corrected chi connectivity index (χ1v) is 7.41. The van der Waals surface area contributed by atoms with E-state index < -0.39 is 17.5 Å². The fraction of sp³-hybridized carbons (Fsp3) is 0.929. The molecule has 0 aromatic carbocycles. The van der Waals surface area contributed by atoms with Crippen molar-refractivity contribution in [2.24, 2.45) is 10.8 Å². The van der Waals surface area contributed by atoms with E-state index in [1.165, 1.54) is 0 Å². The van der Waals surface area contributed by atoms with Crippen LogP contribution in [0.2, 0.25) is 0 Å². The van der Waals surface area contributed by atoms with E-state index in [0.29, 0.717) is 6.54 Å². The van der Waals surface area contributed by atoms with E-state index in [9.17, 15) is 18.0 Å². The number of amides is 1. The Morgan fingerprint density at radius 2 is 1.90 bits per heavy atom. The van der Waals surface area contributed by atoms with Crippen LogP contribution < -0.4 is 10.6 Å². The molecular formula is C14H23F3N2O. The minimum atomic E-state index is -4.49. The van der Waals surface area contributed by atoms with E-state index in [1.807, 2.05) is 6.92 Å². The van der Waals surface area contributed by atoms with Crippen molar-refractivity contribution in [2.45, 2.75) is 51.6 Å². The molecule has 3 nitrogen and oxygen atoms in total. The van der Waals surface area contributed by atoms with Gasteiger partial charge in [0.25, 0.3) is 0 Å². The molecule has 116 valence electrons. The molecule has 1 aliphatic heterocycles. The van der Waals surface area contributed by atoms with Crippen LogP contribution in [0.15, 0.2) is 0 Å². The zero-order chi connectivity index (χ0) is 14.9. The molecule has 2 N–H and O–H groups in total. The molecule has 1 unspecified atom stereocenters. The second-order valence-corrected chi connectivity index (χ2v) is 6.25. The van der Waals surface area contributed by atoms with Crippen molar-refractivity contribution in [1.82, 2.24) is 10.6 Å². The molecule has 0 aromatic rings. The fourth-order valence-corrected chi connectivity index (χ4v) is 3.47. The van der Waals surface area contributed by atoms with Crippen LogP contribution >= 0.6 is 0 Å². The number of hydrogen-bond acceptors (Lipinski definition) is 2. The summed E-state index contributed by atoms with van der Waals surface area (Å²) in [5.41, 5.74) is -2.23. The van der Waals surface area contributed by atoms with E-state index in [4.69, 9.17) is 0 Å². The van der Waals surface area contributed by atoms with Crippen LogP contribution in [0.25, 0.3) is 0 Å². The highest BCUT2D eigenvalue weighted by molar-refractivity contribution is 5.84. The van der Waals surface area contributed by atoms with E-state index in [1.54, 1.807) is 0 Å². The lowest BCUT2D eigenvalue weighted by Crippen LogP contribution is -2.53. The second-order valence-electron chi connectivity index (χ2n) is 6.25. The number of alkyl halides is 3. The highest BCUT2D eigenvalue weighted by atomic mass is 19.4. The van der Waals surface area contributed by atoms with E-state index in [0.717, 1.165) is 32.1 Å². The topological polar surface area (TPSA) is 41.1 Å². The molecule has 1 heterocycles. The second kappa shape index (κ2) is 5.54. The average Bonchev–Trinajstić information content (AvgIpc) is 3.05. The maximum absolute atomic E-state index is 13.2. The van der Waals surface area contributed by atoms with Gasteiger partial charge in [0.15, 0.2) is 5.41 Å². The third-order valence-corrected chi connectivity index (χ3v) is 5.17.